The maximum absolute atomic E-state index is 12.4. The highest BCUT2D eigenvalue weighted by Crippen LogP contribution is 2.21. The summed E-state index contributed by atoms with van der Waals surface area (Å²) < 4.78 is 2.23. The van der Waals surface area contributed by atoms with Crippen molar-refractivity contribution in [1.82, 2.24) is 9.55 Å². The fourth-order valence-corrected chi connectivity index (χ4v) is 2.84. The maximum atomic E-state index is 12.4. The number of carbonyl (C=O) groups is 1. The quantitative estimate of drug-likeness (QED) is 0.780. The van der Waals surface area contributed by atoms with Crippen molar-refractivity contribution in [2.75, 3.05) is 5.32 Å². The zero-order valence-electron chi connectivity index (χ0n) is 13.8. The number of pyridine rings is 1. The lowest BCUT2D eigenvalue weighted by Gasteiger charge is -2.09. The van der Waals surface area contributed by atoms with Gasteiger partial charge in [0.1, 0.15) is 0 Å². The second kappa shape index (κ2) is 6.24. The number of aryl methyl sites for hydroxylation is 3. The molecule has 0 bridgehead atoms. The molecule has 4 nitrogen and oxygen atoms in total. The van der Waals surface area contributed by atoms with E-state index < -0.39 is 0 Å². The first-order chi connectivity index (χ1) is 11.1. The fourth-order valence-electron chi connectivity index (χ4n) is 2.84. The molecule has 0 fully saturated rings. The molecule has 118 valence electrons. The molecule has 2 heterocycles. The summed E-state index contributed by atoms with van der Waals surface area (Å²) >= 11 is 0. The highest BCUT2D eigenvalue weighted by atomic mass is 16.1. The molecule has 0 spiro atoms. The molecule has 1 N–H and O–H groups in total. The second-order valence-electron chi connectivity index (χ2n) is 5.82. The highest BCUT2D eigenvalue weighted by Gasteiger charge is 2.11. The first-order valence-electron chi connectivity index (χ1n) is 7.93. The van der Waals surface area contributed by atoms with E-state index in [0.717, 1.165) is 35.4 Å². The normalized spacial score (nSPS) is 10.9. The average molecular weight is 307 g/mol. The summed E-state index contributed by atoms with van der Waals surface area (Å²) in [5.74, 6) is -0.123. The molecule has 0 atom stereocenters. The number of aromatic nitrogens is 2. The summed E-state index contributed by atoms with van der Waals surface area (Å²) in [6.07, 6.45) is 3.19. The molecule has 0 aliphatic rings. The lowest BCUT2D eigenvalue weighted by Crippen LogP contribution is -2.14. The summed E-state index contributed by atoms with van der Waals surface area (Å²) in [4.78, 5) is 16.8. The molecule has 0 saturated heterocycles. The second-order valence-corrected chi connectivity index (χ2v) is 5.82. The van der Waals surface area contributed by atoms with Gasteiger partial charge in [-0.15, -0.1) is 0 Å². The lowest BCUT2D eigenvalue weighted by molar-refractivity contribution is 0.102. The van der Waals surface area contributed by atoms with E-state index in [1.165, 1.54) is 5.52 Å². The molecule has 2 aromatic heterocycles. The van der Waals surface area contributed by atoms with Crippen LogP contribution in [0.4, 0.5) is 5.69 Å². The third-order valence-electron chi connectivity index (χ3n) is 3.96. The Balaban J connectivity index is 1.85. The van der Waals surface area contributed by atoms with Crippen LogP contribution in [0.5, 0.6) is 0 Å². The van der Waals surface area contributed by atoms with Crippen LogP contribution in [0.3, 0.4) is 0 Å². The number of hydrogen-bond acceptors (Lipinski definition) is 2. The number of amides is 1. The molecule has 0 saturated carbocycles. The van der Waals surface area contributed by atoms with Crippen molar-refractivity contribution in [1.29, 1.82) is 0 Å². The van der Waals surface area contributed by atoms with Crippen LogP contribution in [0.15, 0.2) is 42.6 Å². The smallest absolute Gasteiger partial charge is 0.257 e. The standard InChI is InChI=1S/C19H21N3O/c1-4-10-22-11-9-15-12-16(6-8-18(15)22)21-19(23)17-7-5-13(2)20-14(17)3/h5-9,11-12H,4,10H2,1-3H3,(H,21,23). The van der Waals surface area contributed by atoms with Crippen LogP contribution in [0.25, 0.3) is 10.9 Å². The van der Waals surface area contributed by atoms with Crippen LogP contribution in [0.1, 0.15) is 35.1 Å². The molecule has 3 aromatic rings. The number of fused-ring (bicyclic) bond motifs is 1. The van der Waals surface area contributed by atoms with Gasteiger partial charge in [-0.1, -0.05) is 6.92 Å². The Morgan fingerprint density at radius 2 is 2.00 bits per heavy atom. The van der Waals surface area contributed by atoms with E-state index in [-0.39, 0.29) is 5.91 Å². The van der Waals surface area contributed by atoms with Crippen LogP contribution < -0.4 is 5.32 Å². The third kappa shape index (κ3) is 3.11. The van der Waals surface area contributed by atoms with E-state index in [2.05, 4.69) is 40.1 Å². The zero-order valence-corrected chi connectivity index (χ0v) is 13.8. The van der Waals surface area contributed by atoms with E-state index in [1.807, 2.05) is 38.1 Å². The van der Waals surface area contributed by atoms with E-state index in [4.69, 9.17) is 0 Å². The van der Waals surface area contributed by atoms with Gasteiger partial charge in [0.2, 0.25) is 0 Å². The largest absolute Gasteiger partial charge is 0.347 e. The Labute approximate surface area is 136 Å². The number of anilines is 1. The summed E-state index contributed by atoms with van der Waals surface area (Å²) in [5.41, 5.74) is 4.27. The molecule has 23 heavy (non-hydrogen) atoms. The molecule has 0 unspecified atom stereocenters. The van der Waals surface area contributed by atoms with Crippen LogP contribution in [0, 0.1) is 13.8 Å². The van der Waals surface area contributed by atoms with Gasteiger partial charge in [-0.3, -0.25) is 9.78 Å². The van der Waals surface area contributed by atoms with Crippen molar-refractivity contribution in [3.05, 3.63) is 59.5 Å². The topological polar surface area (TPSA) is 46.9 Å². The van der Waals surface area contributed by atoms with Gasteiger partial charge < -0.3 is 9.88 Å². The predicted molar refractivity (Wildman–Crippen MR) is 93.9 cm³/mol. The first-order valence-corrected chi connectivity index (χ1v) is 7.93. The number of nitrogens with zero attached hydrogens (tertiary/aromatic N) is 2. The van der Waals surface area contributed by atoms with Gasteiger partial charge in [-0.05, 0) is 56.7 Å². The van der Waals surface area contributed by atoms with E-state index in [0.29, 0.717) is 5.56 Å². The van der Waals surface area contributed by atoms with Crippen LogP contribution in [0.2, 0.25) is 0 Å². The maximum Gasteiger partial charge on any atom is 0.257 e. The van der Waals surface area contributed by atoms with Gasteiger partial charge in [0.05, 0.1) is 11.3 Å². The van der Waals surface area contributed by atoms with Gasteiger partial charge in [0.25, 0.3) is 5.91 Å². The molecule has 0 aliphatic heterocycles. The Morgan fingerprint density at radius 3 is 2.74 bits per heavy atom. The number of nitrogens with one attached hydrogen (secondary N) is 1. The number of rotatable bonds is 4. The van der Waals surface area contributed by atoms with E-state index in [1.54, 1.807) is 0 Å². The number of carbonyl (C=O) groups excluding carboxylic acids is 1. The third-order valence-corrected chi connectivity index (χ3v) is 3.96. The zero-order chi connectivity index (χ0) is 16.4. The Bertz CT molecular complexity index is 864. The van der Waals surface area contributed by atoms with Gasteiger partial charge in [-0.25, -0.2) is 0 Å². The van der Waals surface area contributed by atoms with E-state index >= 15 is 0 Å². The molecule has 4 heteroatoms. The minimum absolute atomic E-state index is 0.123. The molecular weight excluding hydrogens is 286 g/mol. The highest BCUT2D eigenvalue weighted by molar-refractivity contribution is 6.05. The van der Waals surface area contributed by atoms with Crippen molar-refractivity contribution < 1.29 is 4.79 Å². The Kier molecular flexibility index (Phi) is 4.15. The van der Waals surface area contributed by atoms with Gasteiger partial charge >= 0.3 is 0 Å². The van der Waals surface area contributed by atoms with E-state index in [9.17, 15) is 4.79 Å². The Hall–Kier alpha value is -2.62. The first kappa shape index (κ1) is 15.3. The molecule has 1 amide bonds. The number of hydrogen-bond donors (Lipinski definition) is 1. The average Bonchev–Trinajstić information content (AvgIpc) is 2.90. The van der Waals surface area contributed by atoms with Crippen molar-refractivity contribution >= 4 is 22.5 Å². The summed E-state index contributed by atoms with van der Waals surface area (Å²) in [6.45, 7) is 6.95. The monoisotopic (exact) mass is 307 g/mol. The van der Waals surface area contributed by atoms with Crippen molar-refractivity contribution in [2.45, 2.75) is 33.7 Å². The lowest BCUT2D eigenvalue weighted by atomic mass is 10.1. The van der Waals surface area contributed by atoms with Crippen molar-refractivity contribution in [3.8, 4) is 0 Å². The van der Waals surface area contributed by atoms with Gasteiger partial charge in [0, 0.05) is 35.0 Å². The summed E-state index contributed by atoms with van der Waals surface area (Å²) in [5, 5.41) is 4.10. The van der Waals surface area contributed by atoms with Gasteiger partial charge in [0.15, 0.2) is 0 Å². The van der Waals surface area contributed by atoms with Gasteiger partial charge in [-0.2, -0.15) is 0 Å². The molecule has 3 rings (SSSR count). The molecule has 0 aliphatic carbocycles. The number of benzene rings is 1. The fraction of sp³-hybridized carbons (Fsp3) is 0.263. The SMILES string of the molecule is CCCn1ccc2cc(NC(=O)c3ccc(C)nc3C)ccc21. The van der Waals surface area contributed by atoms with Crippen molar-refractivity contribution in [2.24, 2.45) is 0 Å². The molecular formula is C19H21N3O. The van der Waals surface area contributed by atoms with Crippen LogP contribution in [-0.4, -0.2) is 15.5 Å². The predicted octanol–water partition coefficient (Wildman–Crippen LogP) is 4.32. The minimum Gasteiger partial charge on any atom is -0.347 e. The summed E-state index contributed by atoms with van der Waals surface area (Å²) in [7, 11) is 0. The molecule has 1 aromatic carbocycles. The summed E-state index contributed by atoms with van der Waals surface area (Å²) in [6, 6.07) is 11.8. The van der Waals surface area contributed by atoms with Crippen molar-refractivity contribution in [3.63, 3.8) is 0 Å². The van der Waals surface area contributed by atoms with Crippen LogP contribution >= 0.6 is 0 Å². The minimum atomic E-state index is -0.123. The molecule has 0 radical (unpaired) electrons. The Morgan fingerprint density at radius 1 is 1.17 bits per heavy atom. The van der Waals surface area contributed by atoms with Crippen LogP contribution in [-0.2, 0) is 6.54 Å².